The summed E-state index contributed by atoms with van der Waals surface area (Å²) in [6.45, 7) is 1.52. The number of nitrogens with one attached hydrogen (secondary N) is 2. The number of carbonyl (C=O) groups excluding carboxylic acids is 1. The van der Waals surface area contributed by atoms with Crippen molar-refractivity contribution in [2.24, 2.45) is 0 Å². The van der Waals surface area contributed by atoms with Crippen LogP contribution in [-0.2, 0) is 24.8 Å². The summed E-state index contributed by atoms with van der Waals surface area (Å²) in [7, 11) is -7.55. The first-order chi connectivity index (χ1) is 8.15. The molecule has 1 amide bonds. The standard InChI is InChI=1S/C7H13ClN2O6S2/c1-2-16-7(11)10-18(14,15)9-6-4-17(12,13)3-5(6)8/h5-6,9H,2-4H2,1H3,(H,10,11). The van der Waals surface area contributed by atoms with Crippen LogP contribution in [0, 0.1) is 0 Å². The van der Waals surface area contributed by atoms with Crippen LogP contribution >= 0.6 is 11.6 Å². The Morgan fingerprint density at radius 2 is 2.06 bits per heavy atom. The highest BCUT2D eigenvalue weighted by Crippen LogP contribution is 2.18. The Kier molecular flexibility index (Phi) is 4.81. The van der Waals surface area contributed by atoms with E-state index in [4.69, 9.17) is 11.6 Å². The fourth-order valence-electron chi connectivity index (χ4n) is 1.41. The van der Waals surface area contributed by atoms with Gasteiger partial charge in [0.25, 0.3) is 0 Å². The second kappa shape index (κ2) is 5.59. The molecular weight excluding hydrogens is 308 g/mol. The topological polar surface area (TPSA) is 119 Å². The van der Waals surface area contributed by atoms with E-state index in [0.29, 0.717) is 0 Å². The van der Waals surface area contributed by atoms with Crippen molar-refractivity contribution in [3.05, 3.63) is 0 Å². The van der Waals surface area contributed by atoms with Gasteiger partial charge >= 0.3 is 16.3 Å². The SMILES string of the molecule is CCOC(=O)NS(=O)(=O)NC1CS(=O)(=O)CC1Cl. The molecule has 1 heterocycles. The molecule has 0 aromatic carbocycles. The highest BCUT2D eigenvalue weighted by Gasteiger charge is 2.38. The number of rotatable bonds is 4. The highest BCUT2D eigenvalue weighted by atomic mass is 35.5. The summed E-state index contributed by atoms with van der Waals surface area (Å²) >= 11 is 5.72. The Morgan fingerprint density at radius 1 is 1.44 bits per heavy atom. The number of carbonyl (C=O) groups is 1. The van der Waals surface area contributed by atoms with Gasteiger partial charge in [-0.15, -0.1) is 11.6 Å². The molecule has 0 aromatic rings. The molecule has 1 aliphatic heterocycles. The van der Waals surface area contributed by atoms with Crippen LogP contribution in [0.15, 0.2) is 0 Å². The van der Waals surface area contributed by atoms with Crippen LogP contribution in [0.5, 0.6) is 0 Å². The van der Waals surface area contributed by atoms with Crippen molar-refractivity contribution in [3.8, 4) is 0 Å². The van der Waals surface area contributed by atoms with E-state index in [9.17, 15) is 21.6 Å². The molecule has 0 bridgehead atoms. The van der Waals surface area contributed by atoms with Crippen molar-refractivity contribution in [3.63, 3.8) is 0 Å². The van der Waals surface area contributed by atoms with E-state index in [1.165, 1.54) is 6.92 Å². The molecule has 1 rings (SSSR count). The van der Waals surface area contributed by atoms with Crippen LogP contribution in [0.4, 0.5) is 4.79 Å². The second-order valence-electron chi connectivity index (χ2n) is 3.64. The molecule has 1 saturated heterocycles. The Bertz CT molecular complexity index is 516. The molecule has 0 spiro atoms. The van der Waals surface area contributed by atoms with E-state index >= 15 is 0 Å². The van der Waals surface area contributed by atoms with Crippen molar-refractivity contribution in [2.45, 2.75) is 18.3 Å². The largest absolute Gasteiger partial charge is 0.449 e. The summed E-state index contributed by atoms with van der Waals surface area (Å²) in [5.41, 5.74) is 0. The van der Waals surface area contributed by atoms with Gasteiger partial charge in [-0.25, -0.2) is 17.9 Å². The number of hydrogen-bond acceptors (Lipinski definition) is 6. The first-order valence-electron chi connectivity index (χ1n) is 4.96. The molecule has 2 N–H and O–H groups in total. The van der Waals surface area contributed by atoms with Crippen LogP contribution < -0.4 is 9.44 Å². The van der Waals surface area contributed by atoms with Crippen molar-refractivity contribution in [1.82, 2.24) is 9.44 Å². The van der Waals surface area contributed by atoms with Gasteiger partial charge in [0.05, 0.1) is 29.5 Å². The molecule has 11 heteroatoms. The summed E-state index contributed by atoms with van der Waals surface area (Å²) in [6, 6.07) is -0.969. The monoisotopic (exact) mass is 320 g/mol. The van der Waals surface area contributed by atoms with Crippen LogP contribution in [0.25, 0.3) is 0 Å². The maximum atomic E-state index is 11.5. The van der Waals surface area contributed by atoms with Crippen LogP contribution in [0.3, 0.4) is 0 Å². The first kappa shape index (κ1) is 15.5. The molecule has 0 radical (unpaired) electrons. The summed E-state index contributed by atoms with van der Waals surface area (Å²) in [4.78, 5) is 10.9. The molecule has 106 valence electrons. The molecule has 1 fully saturated rings. The van der Waals surface area contributed by atoms with E-state index in [-0.39, 0.29) is 12.4 Å². The zero-order valence-electron chi connectivity index (χ0n) is 9.42. The van der Waals surface area contributed by atoms with E-state index in [2.05, 4.69) is 4.74 Å². The fourth-order valence-corrected chi connectivity index (χ4v) is 5.13. The molecule has 0 aromatic heterocycles. The number of sulfone groups is 1. The zero-order valence-corrected chi connectivity index (χ0v) is 11.8. The maximum Gasteiger partial charge on any atom is 0.421 e. The minimum absolute atomic E-state index is 0.0112. The summed E-state index contributed by atoms with van der Waals surface area (Å²) in [5.74, 6) is -0.702. The van der Waals surface area contributed by atoms with Gasteiger partial charge in [0.15, 0.2) is 9.84 Å². The van der Waals surface area contributed by atoms with Crippen molar-refractivity contribution in [2.75, 3.05) is 18.1 Å². The molecule has 0 aliphatic carbocycles. The van der Waals surface area contributed by atoms with Gasteiger partial charge in [-0.1, -0.05) is 0 Å². The van der Waals surface area contributed by atoms with Gasteiger partial charge < -0.3 is 4.74 Å². The van der Waals surface area contributed by atoms with Crippen LogP contribution in [-0.4, -0.2) is 52.5 Å². The van der Waals surface area contributed by atoms with Gasteiger partial charge in [0, 0.05) is 0 Å². The normalized spacial score (nSPS) is 26.8. The average Bonchev–Trinajstić information content (AvgIpc) is 2.37. The van der Waals surface area contributed by atoms with Crippen LogP contribution in [0.1, 0.15) is 6.92 Å². The van der Waals surface area contributed by atoms with Crippen LogP contribution in [0.2, 0.25) is 0 Å². The Hall–Kier alpha value is -0.580. The number of hydrogen-bond donors (Lipinski definition) is 2. The quantitative estimate of drug-likeness (QED) is 0.639. The molecule has 1 aliphatic rings. The predicted molar refractivity (Wildman–Crippen MR) is 64.3 cm³/mol. The lowest BCUT2D eigenvalue weighted by atomic mass is 10.3. The molecule has 18 heavy (non-hydrogen) atoms. The summed E-state index contributed by atoms with van der Waals surface area (Å²) in [5, 5.41) is -0.867. The third-order valence-electron chi connectivity index (χ3n) is 2.08. The van der Waals surface area contributed by atoms with Crippen molar-refractivity contribution < 1.29 is 26.4 Å². The van der Waals surface area contributed by atoms with Crippen molar-refractivity contribution in [1.29, 1.82) is 0 Å². The van der Waals surface area contributed by atoms with Gasteiger partial charge in [-0.2, -0.15) is 13.1 Å². The number of alkyl halides is 1. The molecule has 8 nitrogen and oxygen atoms in total. The van der Waals surface area contributed by atoms with Gasteiger partial charge in [0.1, 0.15) is 0 Å². The molecule has 2 unspecified atom stereocenters. The molecular formula is C7H13ClN2O6S2. The number of amides is 1. The smallest absolute Gasteiger partial charge is 0.421 e. The first-order valence-corrected chi connectivity index (χ1v) is 8.70. The van der Waals surface area contributed by atoms with Gasteiger partial charge in [-0.05, 0) is 6.92 Å². The highest BCUT2D eigenvalue weighted by molar-refractivity contribution is 7.92. The second-order valence-corrected chi connectivity index (χ2v) is 7.80. The molecule has 2 atom stereocenters. The Balaban J connectivity index is 2.64. The summed E-state index contributed by atoms with van der Waals surface area (Å²) < 4.78 is 53.3. The van der Waals surface area contributed by atoms with E-state index < -0.39 is 43.3 Å². The summed E-state index contributed by atoms with van der Waals surface area (Å²) in [6.07, 6.45) is -1.14. The third kappa shape index (κ3) is 4.59. The zero-order chi connectivity index (χ0) is 14.0. The minimum atomic E-state index is -4.19. The maximum absolute atomic E-state index is 11.5. The predicted octanol–water partition coefficient (Wildman–Crippen LogP) is -1.03. The number of halogens is 1. The average molecular weight is 321 g/mol. The van der Waals surface area contributed by atoms with E-state index in [1.807, 2.05) is 4.72 Å². The number of ether oxygens (including phenoxy) is 1. The molecule has 0 saturated carbocycles. The van der Waals surface area contributed by atoms with Crippen molar-refractivity contribution >= 4 is 37.7 Å². The van der Waals surface area contributed by atoms with E-state index in [0.717, 1.165) is 0 Å². The van der Waals surface area contributed by atoms with Gasteiger partial charge in [-0.3, -0.25) is 0 Å². The lowest BCUT2D eigenvalue weighted by Crippen LogP contribution is -2.48. The van der Waals surface area contributed by atoms with Gasteiger partial charge in [0.2, 0.25) is 0 Å². The lowest BCUT2D eigenvalue weighted by Gasteiger charge is -2.14. The fraction of sp³-hybridized carbons (Fsp3) is 0.857. The third-order valence-corrected chi connectivity index (χ3v) is 5.51. The van der Waals surface area contributed by atoms with E-state index in [1.54, 1.807) is 4.72 Å². The Labute approximate surface area is 110 Å². The Morgan fingerprint density at radius 3 is 2.50 bits per heavy atom. The minimum Gasteiger partial charge on any atom is -0.449 e. The lowest BCUT2D eigenvalue weighted by molar-refractivity contribution is 0.158.